The maximum atomic E-state index is 13.1. The van der Waals surface area contributed by atoms with E-state index < -0.39 is 67.3 Å². The number of aliphatic hydroxyl groups is 2. The number of aliphatic hydroxyl groups excluding tert-OH is 2. The molecule has 1 saturated heterocycles. The molecule has 12 nitrogen and oxygen atoms in total. The van der Waals surface area contributed by atoms with Crippen molar-refractivity contribution < 1.29 is 58.2 Å². The summed E-state index contributed by atoms with van der Waals surface area (Å²) in [5.74, 6) is -3.13. The van der Waals surface area contributed by atoms with Gasteiger partial charge in [0.2, 0.25) is 0 Å². The smallest absolute Gasteiger partial charge is 0.335 e. The van der Waals surface area contributed by atoms with Crippen molar-refractivity contribution in [1.82, 2.24) is 0 Å². The fourth-order valence-corrected chi connectivity index (χ4v) is 8.68. The van der Waals surface area contributed by atoms with Crippen LogP contribution in [0.5, 0.6) is 0 Å². The highest BCUT2D eigenvalue weighted by Crippen LogP contribution is 2.26. The average Bonchev–Trinajstić information content (AvgIpc) is 3.35. The van der Waals surface area contributed by atoms with Gasteiger partial charge in [0, 0.05) is 19.3 Å². The van der Waals surface area contributed by atoms with Crippen LogP contribution in [0, 0.1) is 0 Å². The van der Waals surface area contributed by atoms with E-state index >= 15 is 0 Å². The summed E-state index contributed by atoms with van der Waals surface area (Å²) in [4.78, 5) is 51.0. The quantitative estimate of drug-likeness (QED) is 0.0228. The predicted octanol–water partition coefficient (Wildman–Crippen LogP) is 14.5. The summed E-state index contributed by atoms with van der Waals surface area (Å²) < 4.78 is 28.4. The van der Waals surface area contributed by atoms with Crippen LogP contribution >= 0.6 is 0 Å². The Kier molecular flexibility index (Phi) is 44.5. The number of carboxylic acid groups (broad SMARTS) is 1. The number of carbonyl (C=O) groups excluding carboxylic acids is 3. The van der Waals surface area contributed by atoms with Gasteiger partial charge in [0.15, 0.2) is 24.6 Å². The van der Waals surface area contributed by atoms with Crippen LogP contribution in [0.15, 0.2) is 36.5 Å². The number of rotatable bonds is 49. The third kappa shape index (κ3) is 38.2. The van der Waals surface area contributed by atoms with Gasteiger partial charge < -0.3 is 39.0 Å². The Bertz CT molecular complexity index is 1380. The number of hydrogen-bond donors (Lipinski definition) is 3. The van der Waals surface area contributed by atoms with E-state index in [4.69, 9.17) is 23.7 Å². The molecule has 0 bridgehead atoms. The van der Waals surface area contributed by atoms with Crippen LogP contribution < -0.4 is 0 Å². The molecule has 0 saturated carbocycles. The number of allylic oxidation sites excluding steroid dienone is 6. The van der Waals surface area contributed by atoms with Crippen LogP contribution in [0.1, 0.15) is 265 Å². The van der Waals surface area contributed by atoms with Crippen LogP contribution in [-0.4, -0.2) is 89.2 Å². The monoisotopic (exact) mass is 1000 g/mol. The van der Waals surface area contributed by atoms with Crippen LogP contribution in [-0.2, 0) is 42.9 Å². The maximum absolute atomic E-state index is 13.1. The van der Waals surface area contributed by atoms with Crippen molar-refractivity contribution in [2.24, 2.45) is 0 Å². The van der Waals surface area contributed by atoms with Crippen LogP contribution in [0.3, 0.4) is 0 Å². The van der Waals surface area contributed by atoms with Crippen molar-refractivity contribution in [1.29, 1.82) is 0 Å². The Morgan fingerprint density at radius 2 is 0.887 bits per heavy atom. The number of carbonyl (C=O) groups is 4. The van der Waals surface area contributed by atoms with Crippen LogP contribution in [0.2, 0.25) is 0 Å². The highest BCUT2D eigenvalue weighted by atomic mass is 16.7. The first-order valence-corrected chi connectivity index (χ1v) is 29.0. The summed E-state index contributed by atoms with van der Waals surface area (Å²) in [7, 11) is 0. The van der Waals surface area contributed by atoms with E-state index in [0.29, 0.717) is 19.3 Å². The molecule has 6 unspecified atom stereocenters. The molecule has 0 amide bonds. The first kappa shape index (κ1) is 66.0. The van der Waals surface area contributed by atoms with E-state index in [0.717, 1.165) is 109 Å². The third-order valence-corrected chi connectivity index (χ3v) is 13.2. The van der Waals surface area contributed by atoms with Gasteiger partial charge in [-0.3, -0.25) is 14.4 Å². The lowest BCUT2D eigenvalue weighted by Crippen LogP contribution is -2.61. The van der Waals surface area contributed by atoms with E-state index in [1.165, 1.54) is 96.3 Å². The first-order chi connectivity index (χ1) is 34.6. The summed E-state index contributed by atoms with van der Waals surface area (Å²) >= 11 is 0. The number of esters is 3. The molecule has 1 rings (SSSR count). The summed E-state index contributed by atoms with van der Waals surface area (Å²) in [6.45, 7) is 5.88. The number of ether oxygens (including phenoxy) is 5. The summed E-state index contributed by atoms with van der Waals surface area (Å²) in [6, 6.07) is 0. The first-order valence-electron chi connectivity index (χ1n) is 29.0. The SMILES string of the molecule is CCC/C=C\C/C=C\CCCCCCCC(=O)OC(COC(=O)CCCCCCCCCCCCCCCCCCC)COC1OC(C(=O)O)C(O)C(O)C1OC(=O)CCCCCCC/C=C\CCCC. The minimum absolute atomic E-state index is 0.0506. The van der Waals surface area contributed by atoms with Gasteiger partial charge in [-0.05, 0) is 64.2 Å². The molecule has 1 aliphatic heterocycles. The molecule has 1 heterocycles. The number of unbranched alkanes of at least 4 members (excludes halogenated alkanes) is 29. The van der Waals surface area contributed by atoms with Gasteiger partial charge in [0.25, 0.3) is 0 Å². The molecule has 0 aromatic heterocycles. The topological polar surface area (TPSA) is 175 Å². The zero-order valence-corrected chi connectivity index (χ0v) is 45.2. The Hall–Kier alpha value is -3.06. The summed E-state index contributed by atoms with van der Waals surface area (Å²) in [5.41, 5.74) is 0. The van der Waals surface area contributed by atoms with Crippen molar-refractivity contribution in [3.63, 3.8) is 0 Å². The molecule has 412 valence electrons. The molecule has 0 radical (unpaired) electrons. The summed E-state index contributed by atoms with van der Waals surface area (Å²) in [6.07, 6.45) is 42.7. The molecule has 71 heavy (non-hydrogen) atoms. The lowest BCUT2D eigenvalue weighted by molar-refractivity contribution is -0.301. The molecule has 3 N–H and O–H groups in total. The molecule has 1 fully saturated rings. The highest BCUT2D eigenvalue weighted by Gasteiger charge is 2.50. The van der Waals surface area contributed by atoms with Crippen molar-refractivity contribution in [3.8, 4) is 0 Å². The molecular weight excluding hydrogens is 901 g/mol. The Balaban J connectivity index is 2.68. The molecule has 1 aliphatic rings. The molecule has 0 aromatic rings. The van der Waals surface area contributed by atoms with E-state index in [2.05, 4.69) is 57.2 Å². The second-order valence-electron chi connectivity index (χ2n) is 19.9. The van der Waals surface area contributed by atoms with Gasteiger partial charge in [-0.1, -0.05) is 218 Å². The number of aliphatic carboxylic acids is 1. The average molecular weight is 1010 g/mol. The van der Waals surface area contributed by atoms with Crippen LogP contribution in [0.4, 0.5) is 0 Å². The van der Waals surface area contributed by atoms with Gasteiger partial charge in [0.05, 0.1) is 6.61 Å². The number of hydrogen-bond acceptors (Lipinski definition) is 11. The molecular formula is C59H104O12. The highest BCUT2D eigenvalue weighted by molar-refractivity contribution is 5.74. The molecule has 6 atom stereocenters. The van der Waals surface area contributed by atoms with Gasteiger partial charge in [-0.25, -0.2) is 4.79 Å². The third-order valence-electron chi connectivity index (χ3n) is 13.2. The van der Waals surface area contributed by atoms with E-state index in [-0.39, 0.29) is 25.9 Å². The van der Waals surface area contributed by atoms with Crippen molar-refractivity contribution >= 4 is 23.9 Å². The Morgan fingerprint density at radius 3 is 1.38 bits per heavy atom. The van der Waals surface area contributed by atoms with Crippen molar-refractivity contribution in [3.05, 3.63) is 36.5 Å². The minimum atomic E-state index is -1.90. The fourth-order valence-electron chi connectivity index (χ4n) is 8.68. The van der Waals surface area contributed by atoms with Gasteiger partial charge in [-0.15, -0.1) is 0 Å². The lowest BCUT2D eigenvalue weighted by atomic mass is 9.98. The zero-order chi connectivity index (χ0) is 51.8. The van der Waals surface area contributed by atoms with Gasteiger partial charge in [0.1, 0.15) is 18.8 Å². The van der Waals surface area contributed by atoms with Gasteiger partial charge >= 0.3 is 23.9 Å². The van der Waals surface area contributed by atoms with E-state index in [9.17, 15) is 34.5 Å². The molecule has 12 heteroatoms. The Labute approximate surface area is 431 Å². The predicted molar refractivity (Wildman–Crippen MR) is 285 cm³/mol. The van der Waals surface area contributed by atoms with Crippen molar-refractivity contribution in [2.75, 3.05) is 13.2 Å². The normalized spacial score (nSPS) is 18.7. The van der Waals surface area contributed by atoms with Gasteiger partial charge in [-0.2, -0.15) is 0 Å². The number of carboxylic acids is 1. The molecule has 0 aromatic carbocycles. The summed E-state index contributed by atoms with van der Waals surface area (Å²) in [5, 5.41) is 31.4. The van der Waals surface area contributed by atoms with Crippen molar-refractivity contribution in [2.45, 2.75) is 302 Å². The van der Waals surface area contributed by atoms with E-state index in [1.54, 1.807) is 0 Å². The second kappa shape index (κ2) is 47.9. The maximum Gasteiger partial charge on any atom is 0.335 e. The van der Waals surface area contributed by atoms with E-state index in [1.807, 2.05) is 0 Å². The van der Waals surface area contributed by atoms with Crippen LogP contribution in [0.25, 0.3) is 0 Å². The standard InChI is InChI=1S/C59H104O12/c1-4-7-10-13-16-19-22-24-25-26-27-29-31-33-36-39-42-45-51(60)67-48-50(69-52(61)46-43-40-37-35-32-28-23-20-17-14-11-8-5-2)49-68-59-57(55(64)54(63)56(71-59)58(65)66)70-53(62)47-44-41-38-34-30-21-18-15-12-9-6-3/h11,14-15,18,20,23,50,54-57,59,63-64H,4-10,12-13,16-17,19,21-22,24-49H2,1-3H3,(H,65,66)/b14-11-,18-15-,23-20-. The molecule has 0 spiro atoms. The zero-order valence-electron chi connectivity index (χ0n) is 45.2. The molecule has 0 aliphatic carbocycles. The Morgan fingerprint density at radius 1 is 0.465 bits per heavy atom. The fraction of sp³-hybridized carbons (Fsp3) is 0.831. The largest absolute Gasteiger partial charge is 0.479 e. The second-order valence-corrected chi connectivity index (χ2v) is 19.9. The minimum Gasteiger partial charge on any atom is -0.479 e. The lowest BCUT2D eigenvalue weighted by Gasteiger charge is -2.40.